The summed E-state index contributed by atoms with van der Waals surface area (Å²) < 4.78 is 1.49. The zero-order valence-electron chi connectivity index (χ0n) is 16.7. The Kier molecular flexibility index (Phi) is 5.69. The van der Waals surface area contributed by atoms with Gasteiger partial charge in [-0.1, -0.05) is 53.7 Å². The fourth-order valence-electron chi connectivity index (χ4n) is 2.96. The summed E-state index contributed by atoms with van der Waals surface area (Å²) in [7, 11) is 1.68. The summed E-state index contributed by atoms with van der Waals surface area (Å²) in [5.74, 6) is -0.188. The summed E-state index contributed by atoms with van der Waals surface area (Å²) in [5, 5.41) is 5.96. The van der Waals surface area contributed by atoms with Gasteiger partial charge in [0.1, 0.15) is 0 Å². The van der Waals surface area contributed by atoms with E-state index in [1.165, 1.54) is 27.7 Å². The van der Waals surface area contributed by atoms with E-state index in [-0.39, 0.29) is 11.5 Å². The number of anilines is 1. The number of carbonyl (C=O) groups excluding carboxylic acids is 1. The molecular weight excluding hydrogens is 416 g/mol. The minimum Gasteiger partial charge on any atom is -0.301 e. The van der Waals surface area contributed by atoms with Gasteiger partial charge in [0.25, 0.3) is 5.56 Å². The highest BCUT2D eigenvalue weighted by Gasteiger charge is 2.19. The summed E-state index contributed by atoms with van der Waals surface area (Å²) in [6.07, 6.45) is 0. The molecule has 1 N–H and O–H groups in total. The van der Waals surface area contributed by atoms with Crippen LogP contribution < -0.4 is 10.9 Å². The molecule has 30 heavy (non-hydrogen) atoms. The van der Waals surface area contributed by atoms with Crippen LogP contribution in [0.15, 0.2) is 63.9 Å². The Morgan fingerprint density at radius 3 is 2.70 bits per heavy atom. The van der Waals surface area contributed by atoms with Gasteiger partial charge in [0.05, 0.1) is 21.8 Å². The molecule has 4 aromatic rings. The van der Waals surface area contributed by atoms with Crippen LogP contribution in [0.5, 0.6) is 0 Å². The van der Waals surface area contributed by atoms with Gasteiger partial charge in [-0.05, 0) is 26.0 Å². The van der Waals surface area contributed by atoms with E-state index in [2.05, 4.69) is 15.3 Å². The molecule has 2 aromatic heterocycles. The number of thioether (sulfide) groups is 1. The van der Waals surface area contributed by atoms with E-state index in [4.69, 9.17) is 0 Å². The number of aromatic nitrogens is 3. The molecule has 0 bridgehead atoms. The average Bonchev–Trinajstić information content (AvgIpc) is 3.21. The van der Waals surface area contributed by atoms with Gasteiger partial charge < -0.3 is 5.32 Å². The van der Waals surface area contributed by atoms with Crippen LogP contribution in [0.4, 0.5) is 5.13 Å². The first-order chi connectivity index (χ1) is 14.4. The van der Waals surface area contributed by atoms with Crippen molar-refractivity contribution in [3.63, 3.8) is 0 Å². The highest BCUT2D eigenvalue weighted by atomic mass is 32.2. The van der Waals surface area contributed by atoms with Crippen molar-refractivity contribution in [3.05, 3.63) is 69.8 Å². The molecule has 0 fully saturated rings. The van der Waals surface area contributed by atoms with Crippen LogP contribution >= 0.6 is 23.1 Å². The van der Waals surface area contributed by atoms with Crippen LogP contribution in [0.3, 0.4) is 0 Å². The number of fused-ring (bicyclic) bond motifs is 1. The number of nitrogens with zero attached hydrogens (tertiary/aromatic N) is 3. The van der Waals surface area contributed by atoms with E-state index in [0.29, 0.717) is 21.2 Å². The second-order valence-electron chi connectivity index (χ2n) is 6.93. The summed E-state index contributed by atoms with van der Waals surface area (Å²) in [5.41, 5.74) is 3.35. The van der Waals surface area contributed by atoms with Crippen molar-refractivity contribution in [2.75, 3.05) is 5.32 Å². The van der Waals surface area contributed by atoms with E-state index >= 15 is 0 Å². The van der Waals surface area contributed by atoms with E-state index in [1.807, 2.05) is 60.8 Å². The highest BCUT2D eigenvalue weighted by molar-refractivity contribution is 8.00. The fourth-order valence-corrected chi connectivity index (χ4v) is 4.56. The van der Waals surface area contributed by atoms with Crippen LogP contribution in [-0.2, 0) is 11.8 Å². The molecule has 4 rings (SSSR count). The number of rotatable bonds is 5. The maximum Gasteiger partial charge on any atom is 0.261 e. The average molecular weight is 437 g/mol. The van der Waals surface area contributed by atoms with Gasteiger partial charge in [-0.15, -0.1) is 11.3 Å². The van der Waals surface area contributed by atoms with Crippen molar-refractivity contribution in [2.45, 2.75) is 24.3 Å². The molecule has 0 saturated carbocycles. The number of nitrogens with one attached hydrogen (secondary N) is 1. The Labute approximate surface area is 182 Å². The SMILES string of the molecule is Cc1ccc2nc(SC(C)C(=O)Nc3nc(-c4ccccc4)cs3)n(C)c(=O)c2c1. The molecule has 1 atom stereocenters. The fraction of sp³-hybridized carbons (Fsp3) is 0.182. The third-order valence-corrected chi connectivity index (χ3v) is 6.55. The monoisotopic (exact) mass is 436 g/mol. The Morgan fingerprint density at radius 1 is 1.17 bits per heavy atom. The number of hydrogen-bond donors (Lipinski definition) is 1. The van der Waals surface area contributed by atoms with Crippen molar-refractivity contribution in [1.82, 2.24) is 14.5 Å². The van der Waals surface area contributed by atoms with E-state index in [1.54, 1.807) is 14.0 Å². The third kappa shape index (κ3) is 4.15. The maximum absolute atomic E-state index is 12.7. The van der Waals surface area contributed by atoms with Crippen LogP contribution in [0.2, 0.25) is 0 Å². The molecule has 0 saturated heterocycles. The minimum absolute atomic E-state index is 0.119. The molecular formula is C22H20N4O2S2. The minimum atomic E-state index is -0.449. The van der Waals surface area contributed by atoms with Crippen molar-refractivity contribution in [1.29, 1.82) is 0 Å². The van der Waals surface area contributed by atoms with E-state index in [9.17, 15) is 9.59 Å². The summed E-state index contributed by atoms with van der Waals surface area (Å²) in [4.78, 5) is 34.4. The second-order valence-corrected chi connectivity index (χ2v) is 9.10. The lowest BCUT2D eigenvalue weighted by molar-refractivity contribution is -0.115. The van der Waals surface area contributed by atoms with Crippen LogP contribution in [0.1, 0.15) is 12.5 Å². The number of carbonyl (C=O) groups is 1. The Hall–Kier alpha value is -2.97. The largest absolute Gasteiger partial charge is 0.301 e. The molecule has 2 aromatic carbocycles. The lowest BCUT2D eigenvalue weighted by atomic mass is 10.2. The zero-order valence-corrected chi connectivity index (χ0v) is 18.4. The molecule has 0 spiro atoms. The first kappa shape index (κ1) is 20.3. The van der Waals surface area contributed by atoms with E-state index in [0.717, 1.165) is 16.8 Å². The summed E-state index contributed by atoms with van der Waals surface area (Å²) in [6.45, 7) is 3.73. The molecule has 2 heterocycles. The van der Waals surface area contributed by atoms with Gasteiger partial charge in [-0.2, -0.15) is 0 Å². The van der Waals surface area contributed by atoms with Gasteiger partial charge in [0.2, 0.25) is 5.91 Å². The van der Waals surface area contributed by atoms with Crippen LogP contribution in [-0.4, -0.2) is 25.7 Å². The zero-order chi connectivity index (χ0) is 21.3. The van der Waals surface area contributed by atoms with Gasteiger partial charge in [-0.25, -0.2) is 9.97 Å². The lowest BCUT2D eigenvalue weighted by Gasteiger charge is -2.13. The van der Waals surface area contributed by atoms with E-state index < -0.39 is 5.25 Å². The standard InChI is InChI=1S/C22H20N4O2S2/c1-13-9-10-17-16(11-13)20(28)26(3)22(24-17)30-14(2)19(27)25-21-23-18(12-29-21)15-7-5-4-6-8-15/h4-12,14H,1-3H3,(H,23,25,27). The topological polar surface area (TPSA) is 76.9 Å². The second kappa shape index (κ2) is 8.41. The number of thiazole rings is 1. The van der Waals surface area contributed by atoms with Gasteiger partial charge >= 0.3 is 0 Å². The molecule has 1 unspecified atom stereocenters. The molecule has 1 amide bonds. The van der Waals surface area contributed by atoms with Crippen molar-refractivity contribution in [3.8, 4) is 11.3 Å². The predicted molar refractivity (Wildman–Crippen MR) is 123 cm³/mol. The Morgan fingerprint density at radius 2 is 1.93 bits per heavy atom. The quantitative estimate of drug-likeness (QED) is 0.369. The first-order valence-electron chi connectivity index (χ1n) is 9.38. The molecule has 6 nitrogen and oxygen atoms in total. The highest BCUT2D eigenvalue weighted by Crippen LogP contribution is 2.27. The van der Waals surface area contributed by atoms with Gasteiger partial charge in [-0.3, -0.25) is 14.2 Å². The maximum atomic E-state index is 12.7. The summed E-state index contributed by atoms with van der Waals surface area (Å²) in [6, 6.07) is 15.4. The molecule has 0 radical (unpaired) electrons. The Balaban J connectivity index is 1.50. The summed E-state index contributed by atoms with van der Waals surface area (Å²) >= 11 is 2.63. The lowest BCUT2D eigenvalue weighted by Crippen LogP contribution is -2.25. The van der Waals surface area contributed by atoms with Crippen molar-refractivity contribution < 1.29 is 4.79 Å². The van der Waals surface area contributed by atoms with Gasteiger partial charge in [0.15, 0.2) is 10.3 Å². The molecule has 152 valence electrons. The number of amides is 1. The number of aryl methyl sites for hydroxylation is 1. The predicted octanol–water partition coefficient (Wildman–Crippen LogP) is 4.48. The van der Waals surface area contributed by atoms with Crippen LogP contribution in [0.25, 0.3) is 22.2 Å². The van der Waals surface area contributed by atoms with Crippen molar-refractivity contribution >= 4 is 45.0 Å². The molecule has 0 aliphatic rings. The Bertz CT molecular complexity index is 1280. The molecule has 0 aliphatic carbocycles. The molecule has 8 heteroatoms. The molecule has 0 aliphatic heterocycles. The number of benzene rings is 2. The number of hydrogen-bond acceptors (Lipinski definition) is 6. The van der Waals surface area contributed by atoms with Crippen LogP contribution in [0, 0.1) is 6.92 Å². The first-order valence-corrected chi connectivity index (χ1v) is 11.1. The third-order valence-electron chi connectivity index (χ3n) is 4.65. The normalized spacial score (nSPS) is 12.1. The van der Waals surface area contributed by atoms with Gasteiger partial charge in [0, 0.05) is 18.0 Å². The van der Waals surface area contributed by atoms with Crippen molar-refractivity contribution in [2.24, 2.45) is 7.05 Å². The smallest absolute Gasteiger partial charge is 0.261 e.